The third-order valence-electron chi connectivity index (χ3n) is 4.36. The first-order valence-electron chi connectivity index (χ1n) is 8.45. The van der Waals surface area contributed by atoms with E-state index in [-0.39, 0.29) is 24.2 Å². The molecule has 142 valence electrons. The standard InChI is InChI=1S/C19H18Cl2FN3O2/c20-14-1-6-17(21)13(11-14)12-18(26)24-7-9-25(10-8-24)19(27)23-16-4-2-15(22)3-5-16/h1-6,11H,7-10,12H2,(H,23,27). The van der Waals surface area contributed by atoms with E-state index in [4.69, 9.17) is 23.2 Å². The Balaban J connectivity index is 1.52. The number of carbonyl (C=O) groups is 2. The van der Waals surface area contributed by atoms with E-state index in [1.165, 1.54) is 24.3 Å². The highest BCUT2D eigenvalue weighted by molar-refractivity contribution is 6.33. The van der Waals surface area contributed by atoms with Crippen molar-refractivity contribution in [2.45, 2.75) is 6.42 Å². The van der Waals surface area contributed by atoms with Crippen molar-refractivity contribution in [3.63, 3.8) is 0 Å². The average Bonchev–Trinajstić information content (AvgIpc) is 2.66. The Bertz CT molecular complexity index is 837. The summed E-state index contributed by atoms with van der Waals surface area (Å²) in [7, 11) is 0. The number of hydrogen-bond donors (Lipinski definition) is 1. The summed E-state index contributed by atoms with van der Waals surface area (Å²) in [6.45, 7) is 1.71. The molecule has 2 aromatic carbocycles. The Labute approximate surface area is 166 Å². The van der Waals surface area contributed by atoms with Crippen LogP contribution in [0.4, 0.5) is 14.9 Å². The summed E-state index contributed by atoms with van der Waals surface area (Å²) in [6.07, 6.45) is 0.168. The molecule has 2 aromatic rings. The number of amides is 3. The van der Waals surface area contributed by atoms with Crippen LogP contribution in [0, 0.1) is 5.82 Å². The summed E-state index contributed by atoms with van der Waals surface area (Å²) in [4.78, 5) is 28.1. The predicted molar refractivity (Wildman–Crippen MR) is 104 cm³/mol. The number of benzene rings is 2. The Morgan fingerprint density at radius 1 is 0.963 bits per heavy atom. The number of piperazine rings is 1. The SMILES string of the molecule is O=C(Cc1cc(Cl)ccc1Cl)N1CCN(C(=O)Nc2ccc(F)cc2)CC1. The molecule has 0 saturated carbocycles. The molecule has 1 aliphatic heterocycles. The molecule has 8 heteroatoms. The molecular formula is C19H18Cl2FN3O2. The topological polar surface area (TPSA) is 52.7 Å². The lowest BCUT2D eigenvalue weighted by molar-refractivity contribution is -0.131. The molecule has 0 spiro atoms. The molecule has 1 N–H and O–H groups in total. The molecule has 1 fully saturated rings. The minimum Gasteiger partial charge on any atom is -0.339 e. The largest absolute Gasteiger partial charge is 0.339 e. The summed E-state index contributed by atoms with van der Waals surface area (Å²) >= 11 is 12.1. The van der Waals surface area contributed by atoms with Crippen LogP contribution in [0.15, 0.2) is 42.5 Å². The van der Waals surface area contributed by atoms with E-state index in [0.29, 0.717) is 47.5 Å². The van der Waals surface area contributed by atoms with Crippen molar-refractivity contribution < 1.29 is 14.0 Å². The number of nitrogens with zero attached hydrogens (tertiary/aromatic N) is 2. The van der Waals surface area contributed by atoms with Gasteiger partial charge in [0.15, 0.2) is 0 Å². The van der Waals surface area contributed by atoms with E-state index < -0.39 is 0 Å². The zero-order valence-corrected chi connectivity index (χ0v) is 15.9. The molecule has 0 atom stereocenters. The van der Waals surface area contributed by atoms with Crippen LogP contribution in [-0.4, -0.2) is 47.9 Å². The van der Waals surface area contributed by atoms with Gasteiger partial charge in [-0.2, -0.15) is 0 Å². The Morgan fingerprint density at radius 2 is 1.59 bits per heavy atom. The summed E-state index contributed by atoms with van der Waals surface area (Å²) in [5.74, 6) is -0.419. The van der Waals surface area contributed by atoms with Gasteiger partial charge in [0.25, 0.3) is 0 Å². The number of carbonyl (C=O) groups excluding carboxylic acids is 2. The van der Waals surface area contributed by atoms with Gasteiger partial charge >= 0.3 is 6.03 Å². The van der Waals surface area contributed by atoms with Crippen LogP contribution in [-0.2, 0) is 11.2 Å². The van der Waals surface area contributed by atoms with Crippen molar-refractivity contribution in [2.24, 2.45) is 0 Å². The minimum absolute atomic E-state index is 0.0576. The van der Waals surface area contributed by atoms with Gasteiger partial charge in [0, 0.05) is 41.9 Å². The third kappa shape index (κ3) is 5.11. The Kier molecular flexibility index (Phi) is 6.19. The number of hydrogen-bond acceptors (Lipinski definition) is 2. The fourth-order valence-electron chi connectivity index (χ4n) is 2.85. The molecule has 0 aromatic heterocycles. The van der Waals surface area contributed by atoms with E-state index in [2.05, 4.69) is 5.32 Å². The molecule has 1 saturated heterocycles. The smallest absolute Gasteiger partial charge is 0.321 e. The van der Waals surface area contributed by atoms with Crippen molar-refractivity contribution in [3.05, 3.63) is 63.9 Å². The summed E-state index contributed by atoms with van der Waals surface area (Å²) in [6, 6.07) is 10.3. The first-order chi connectivity index (χ1) is 12.9. The highest BCUT2D eigenvalue weighted by Gasteiger charge is 2.24. The fourth-order valence-corrected chi connectivity index (χ4v) is 3.23. The molecule has 27 heavy (non-hydrogen) atoms. The van der Waals surface area contributed by atoms with E-state index >= 15 is 0 Å². The summed E-state index contributed by atoms with van der Waals surface area (Å²) in [5, 5.41) is 3.76. The summed E-state index contributed by atoms with van der Waals surface area (Å²) in [5.41, 5.74) is 1.21. The monoisotopic (exact) mass is 409 g/mol. The van der Waals surface area contributed by atoms with Crippen molar-refractivity contribution in [2.75, 3.05) is 31.5 Å². The van der Waals surface area contributed by atoms with Gasteiger partial charge in [0.1, 0.15) is 5.82 Å². The van der Waals surface area contributed by atoms with Crippen molar-refractivity contribution in [1.82, 2.24) is 9.80 Å². The van der Waals surface area contributed by atoms with Crippen LogP contribution in [0.5, 0.6) is 0 Å². The van der Waals surface area contributed by atoms with Gasteiger partial charge in [-0.1, -0.05) is 23.2 Å². The van der Waals surface area contributed by atoms with Gasteiger partial charge in [0.05, 0.1) is 6.42 Å². The quantitative estimate of drug-likeness (QED) is 0.830. The Hall–Kier alpha value is -2.31. The van der Waals surface area contributed by atoms with Crippen molar-refractivity contribution >= 4 is 40.8 Å². The van der Waals surface area contributed by atoms with Gasteiger partial charge in [-0.3, -0.25) is 4.79 Å². The van der Waals surface area contributed by atoms with Crippen molar-refractivity contribution in [3.8, 4) is 0 Å². The first kappa shape index (κ1) is 19.5. The second kappa shape index (κ2) is 8.59. The zero-order valence-electron chi connectivity index (χ0n) is 14.4. The molecule has 3 amide bonds. The third-order valence-corrected chi connectivity index (χ3v) is 4.97. The molecule has 0 bridgehead atoms. The number of nitrogens with one attached hydrogen (secondary N) is 1. The summed E-state index contributed by atoms with van der Waals surface area (Å²) < 4.78 is 12.9. The highest BCUT2D eigenvalue weighted by Crippen LogP contribution is 2.22. The number of urea groups is 1. The van der Waals surface area contributed by atoms with Gasteiger partial charge in [-0.25, -0.2) is 9.18 Å². The zero-order chi connectivity index (χ0) is 19.4. The van der Waals surface area contributed by atoms with Gasteiger partial charge < -0.3 is 15.1 Å². The van der Waals surface area contributed by atoms with Crippen LogP contribution in [0.1, 0.15) is 5.56 Å². The number of anilines is 1. The van der Waals surface area contributed by atoms with E-state index in [0.717, 1.165) is 0 Å². The van der Waals surface area contributed by atoms with E-state index in [1.54, 1.807) is 28.0 Å². The molecule has 1 heterocycles. The maximum Gasteiger partial charge on any atom is 0.321 e. The minimum atomic E-state index is -0.361. The lowest BCUT2D eigenvalue weighted by Crippen LogP contribution is -2.52. The maximum absolute atomic E-state index is 12.9. The van der Waals surface area contributed by atoms with Crippen LogP contribution < -0.4 is 5.32 Å². The van der Waals surface area contributed by atoms with Crippen LogP contribution >= 0.6 is 23.2 Å². The maximum atomic E-state index is 12.9. The number of halogens is 3. The molecule has 1 aliphatic rings. The van der Waals surface area contributed by atoms with Gasteiger partial charge in [-0.05, 0) is 48.0 Å². The second-order valence-electron chi connectivity index (χ2n) is 6.22. The molecular weight excluding hydrogens is 392 g/mol. The molecule has 3 rings (SSSR count). The van der Waals surface area contributed by atoms with Gasteiger partial charge in [0.2, 0.25) is 5.91 Å². The highest BCUT2D eigenvalue weighted by atomic mass is 35.5. The lowest BCUT2D eigenvalue weighted by atomic mass is 10.1. The molecule has 0 radical (unpaired) electrons. The van der Waals surface area contributed by atoms with Crippen LogP contribution in [0.2, 0.25) is 10.0 Å². The van der Waals surface area contributed by atoms with Crippen LogP contribution in [0.3, 0.4) is 0 Å². The fraction of sp³-hybridized carbons (Fsp3) is 0.263. The molecule has 0 aliphatic carbocycles. The normalized spacial score (nSPS) is 14.2. The predicted octanol–water partition coefficient (Wildman–Crippen LogP) is 4.05. The average molecular weight is 410 g/mol. The Morgan fingerprint density at radius 3 is 2.26 bits per heavy atom. The van der Waals surface area contributed by atoms with E-state index in [1.807, 2.05) is 0 Å². The first-order valence-corrected chi connectivity index (χ1v) is 9.21. The van der Waals surface area contributed by atoms with Gasteiger partial charge in [-0.15, -0.1) is 0 Å². The van der Waals surface area contributed by atoms with Crippen LogP contribution in [0.25, 0.3) is 0 Å². The molecule has 0 unspecified atom stereocenters. The molecule has 5 nitrogen and oxygen atoms in total. The second-order valence-corrected chi connectivity index (χ2v) is 7.06. The van der Waals surface area contributed by atoms with Crippen molar-refractivity contribution in [1.29, 1.82) is 0 Å². The lowest BCUT2D eigenvalue weighted by Gasteiger charge is -2.34. The van der Waals surface area contributed by atoms with E-state index in [9.17, 15) is 14.0 Å². The number of rotatable bonds is 3.